The van der Waals surface area contributed by atoms with Crippen molar-refractivity contribution < 1.29 is 9.15 Å². The molecule has 0 saturated carbocycles. The van der Waals surface area contributed by atoms with Gasteiger partial charge in [-0.15, -0.1) is 0 Å². The minimum Gasteiger partial charge on any atom is -0.456 e. The number of furan rings is 1. The predicted octanol–water partition coefficient (Wildman–Crippen LogP) is 14.5. The summed E-state index contributed by atoms with van der Waals surface area (Å²) >= 11 is 0. The minimum absolute atomic E-state index is 0.842. The zero-order chi connectivity index (χ0) is 36.0. The number of pyridine rings is 1. The Bertz CT molecular complexity index is 3260. The molecule has 9 aromatic carbocycles. The van der Waals surface area contributed by atoms with Gasteiger partial charge in [-0.05, 0) is 105 Å². The van der Waals surface area contributed by atoms with E-state index in [1.807, 2.05) is 24.3 Å². The highest BCUT2D eigenvalue weighted by Gasteiger charge is 2.25. The first-order valence-electron chi connectivity index (χ1n) is 18.6. The molecule has 0 amide bonds. The Morgan fingerprint density at radius 1 is 0.418 bits per heavy atom. The van der Waals surface area contributed by atoms with E-state index in [0.29, 0.717) is 0 Å². The van der Waals surface area contributed by atoms with Gasteiger partial charge in [0.2, 0.25) is 0 Å². The Morgan fingerprint density at radius 3 is 1.75 bits per heavy atom. The summed E-state index contributed by atoms with van der Waals surface area (Å²) in [6.45, 7) is 0. The van der Waals surface area contributed by atoms with E-state index in [1.165, 1.54) is 21.5 Å². The molecule has 12 rings (SSSR count). The summed E-state index contributed by atoms with van der Waals surface area (Å²) in [7, 11) is 0. The number of rotatable bonds is 3. The van der Waals surface area contributed by atoms with E-state index in [9.17, 15) is 0 Å². The molecule has 0 bridgehead atoms. The molecule has 0 radical (unpaired) electrons. The molecule has 4 nitrogen and oxygen atoms in total. The first-order valence-corrected chi connectivity index (χ1v) is 18.6. The van der Waals surface area contributed by atoms with Crippen LogP contribution in [0.4, 0.5) is 17.1 Å². The Labute approximate surface area is 316 Å². The number of nitrogens with zero attached hydrogens (tertiary/aromatic N) is 2. The zero-order valence-corrected chi connectivity index (χ0v) is 29.5. The normalized spacial score (nSPS) is 12.5. The molecule has 0 spiro atoms. The Hall–Kier alpha value is -7.43. The molecule has 0 atom stereocenters. The Balaban J connectivity index is 1.07. The van der Waals surface area contributed by atoms with Gasteiger partial charge in [-0.25, -0.2) is 4.98 Å². The van der Waals surface area contributed by atoms with Crippen molar-refractivity contribution in [3.8, 4) is 33.9 Å². The molecule has 11 aromatic rings. The lowest BCUT2D eigenvalue weighted by atomic mass is 9.90. The molecule has 55 heavy (non-hydrogen) atoms. The average molecular weight is 703 g/mol. The summed E-state index contributed by atoms with van der Waals surface area (Å²) in [6, 6.07) is 64.2. The van der Waals surface area contributed by atoms with E-state index in [0.717, 1.165) is 94.6 Å². The van der Waals surface area contributed by atoms with Crippen LogP contribution in [0.1, 0.15) is 0 Å². The van der Waals surface area contributed by atoms with Gasteiger partial charge >= 0.3 is 0 Å². The lowest BCUT2D eigenvalue weighted by Gasteiger charge is -2.32. The lowest BCUT2D eigenvalue weighted by Crippen LogP contribution is -2.15. The van der Waals surface area contributed by atoms with E-state index in [2.05, 4.69) is 163 Å². The van der Waals surface area contributed by atoms with Crippen LogP contribution in [-0.4, -0.2) is 4.98 Å². The molecule has 0 aliphatic carbocycles. The van der Waals surface area contributed by atoms with E-state index < -0.39 is 0 Å². The van der Waals surface area contributed by atoms with Crippen LogP contribution >= 0.6 is 0 Å². The highest BCUT2D eigenvalue weighted by Crippen LogP contribution is 2.50. The van der Waals surface area contributed by atoms with Crippen molar-refractivity contribution in [3.05, 3.63) is 182 Å². The molecule has 0 saturated heterocycles. The first-order chi connectivity index (χ1) is 27.3. The zero-order valence-electron chi connectivity index (χ0n) is 29.5. The molecule has 2 aromatic heterocycles. The van der Waals surface area contributed by atoms with Gasteiger partial charge < -0.3 is 14.1 Å². The Kier molecular flexibility index (Phi) is 6.31. The van der Waals surface area contributed by atoms with Crippen LogP contribution in [0.3, 0.4) is 0 Å². The van der Waals surface area contributed by atoms with E-state index in [4.69, 9.17) is 14.1 Å². The van der Waals surface area contributed by atoms with Crippen molar-refractivity contribution >= 4 is 82.2 Å². The van der Waals surface area contributed by atoms with Gasteiger partial charge in [0.25, 0.3) is 0 Å². The predicted molar refractivity (Wildman–Crippen MR) is 227 cm³/mol. The monoisotopic (exact) mass is 702 g/mol. The third-order valence-corrected chi connectivity index (χ3v) is 11.2. The topological polar surface area (TPSA) is 38.5 Å². The molecule has 0 unspecified atom stereocenters. The van der Waals surface area contributed by atoms with Gasteiger partial charge in [0.05, 0.1) is 22.6 Å². The van der Waals surface area contributed by atoms with Crippen molar-refractivity contribution in [1.29, 1.82) is 0 Å². The second kappa shape index (κ2) is 11.5. The largest absolute Gasteiger partial charge is 0.456 e. The molecular weight excluding hydrogens is 673 g/mol. The number of anilines is 3. The lowest BCUT2D eigenvalue weighted by molar-refractivity contribution is 0.477. The average Bonchev–Trinajstić information content (AvgIpc) is 3.63. The maximum Gasteiger partial charge on any atom is 0.151 e. The maximum absolute atomic E-state index is 6.61. The maximum atomic E-state index is 6.61. The van der Waals surface area contributed by atoms with Crippen molar-refractivity contribution in [2.24, 2.45) is 0 Å². The van der Waals surface area contributed by atoms with Gasteiger partial charge in [0, 0.05) is 38.2 Å². The third kappa shape index (κ3) is 4.49. The summed E-state index contributed by atoms with van der Waals surface area (Å²) in [5, 5.41) is 10.4. The second-order valence-electron chi connectivity index (χ2n) is 14.3. The fraction of sp³-hybridized carbons (Fsp3) is 0. The van der Waals surface area contributed by atoms with Crippen molar-refractivity contribution in [3.63, 3.8) is 0 Å². The molecule has 256 valence electrons. The number of aromatic nitrogens is 1. The molecule has 3 heterocycles. The molecular formula is C51H30N2O2. The van der Waals surface area contributed by atoms with Crippen LogP contribution in [-0.2, 0) is 0 Å². The number of ether oxygens (including phenoxy) is 1. The number of para-hydroxylation sites is 5. The van der Waals surface area contributed by atoms with E-state index in [-0.39, 0.29) is 0 Å². The Morgan fingerprint density at radius 2 is 1.02 bits per heavy atom. The van der Waals surface area contributed by atoms with Gasteiger partial charge in [0.1, 0.15) is 11.2 Å². The summed E-state index contributed by atoms with van der Waals surface area (Å²) in [5.41, 5.74) is 10.2. The van der Waals surface area contributed by atoms with Crippen LogP contribution in [0.5, 0.6) is 11.5 Å². The summed E-state index contributed by atoms with van der Waals surface area (Å²) in [5.74, 6) is 1.68. The SMILES string of the molecule is c1ccc2c(c1)Oc1ccccc1N2c1ccc(-c2ccc3oc4ccc5c(-c6c7ccccc7cc7ccccc67)nc6ccccc6c5c4c3c2)cc1. The van der Waals surface area contributed by atoms with Crippen LogP contribution in [0, 0.1) is 0 Å². The second-order valence-corrected chi connectivity index (χ2v) is 14.3. The standard InChI is InChI=1S/C51H30N2O2/c1-3-13-36-33(11-1)29-34-12-2-4-14-37(34)49(36)51-39-26-28-47-50(48(39)38-15-5-6-16-41(38)52-51)40-30-32(23-27-44(40)54-47)31-21-24-35(25-22-31)53-42-17-7-9-19-45(42)55-46-20-10-8-18-43(46)53/h1-30H. The van der Waals surface area contributed by atoms with Gasteiger partial charge in [-0.3, -0.25) is 0 Å². The smallest absolute Gasteiger partial charge is 0.151 e. The minimum atomic E-state index is 0.842. The fourth-order valence-electron chi connectivity index (χ4n) is 8.73. The first kappa shape index (κ1) is 30.1. The molecule has 4 heteroatoms. The number of hydrogen-bond acceptors (Lipinski definition) is 4. The summed E-state index contributed by atoms with van der Waals surface area (Å²) in [4.78, 5) is 7.71. The third-order valence-electron chi connectivity index (χ3n) is 11.2. The molecule has 1 aliphatic rings. The van der Waals surface area contributed by atoms with Crippen LogP contribution in [0.25, 0.3) is 87.5 Å². The highest BCUT2D eigenvalue weighted by molar-refractivity contribution is 6.30. The van der Waals surface area contributed by atoms with Crippen molar-refractivity contribution in [1.82, 2.24) is 4.98 Å². The van der Waals surface area contributed by atoms with Crippen molar-refractivity contribution in [2.45, 2.75) is 0 Å². The van der Waals surface area contributed by atoms with Crippen LogP contribution in [0.15, 0.2) is 186 Å². The summed E-state index contributed by atoms with van der Waals surface area (Å²) < 4.78 is 12.9. The number of fused-ring (bicyclic) bond motifs is 11. The van der Waals surface area contributed by atoms with Gasteiger partial charge in [0.15, 0.2) is 11.5 Å². The van der Waals surface area contributed by atoms with Crippen molar-refractivity contribution in [2.75, 3.05) is 4.90 Å². The van der Waals surface area contributed by atoms with Gasteiger partial charge in [-0.1, -0.05) is 109 Å². The molecule has 1 aliphatic heterocycles. The molecule has 0 N–H and O–H groups in total. The van der Waals surface area contributed by atoms with Crippen LogP contribution in [0.2, 0.25) is 0 Å². The number of hydrogen-bond donors (Lipinski definition) is 0. The quantitative estimate of drug-likeness (QED) is 0.136. The highest BCUT2D eigenvalue weighted by atomic mass is 16.5. The van der Waals surface area contributed by atoms with E-state index >= 15 is 0 Å². The summed E-state index contributed by atoms with van der Waals surface area (Å²) in [6.07, 6.45) is 0. The number of benzene rings is 9. The fourth-order valence-corrected chi connectivity index (χ4v) is 8.73. The van der Waals surface area contributed by atoms with Gasteiger partial charge in [-0.2, -0.15) is 0 Å². The van der Waals surface area contributed by atoms with E-state index in [1.54, 1.807) is 0 Å². The molecule has 0 fully saturated rings. The van der Waals surface area contributed by atoms with Crippen LogP contribution < -0.4 is 9.64 Å².